The van der Waals surface area contributed by atoms with Crippen molar-refractivity contribution < 1.29 is 28.5 Å². The highest BCUT2D eigenvalue weighted by atomic mass is 16.6. The zero-order valence-electron chi connectivity index (χ0n) is 18.3. The van der Waals surface area contributed by atoms with E-state index in [9.17, 15) is 4.79 Å². The highest BCUT2D eigenvalue weighted by molar-refractivity contribution is 5.87. The van der Waals surface area contributed by atoms with Crippen LogP contribution in [0.1, 0.15) is 34.2 Å². The van der Waals surface area contributed by atoms with Crippen molar-refractivity contribution in [1.29, 1.82) is 0 Å². The molecule has 0 aliphatic rings. The number of rotatable bonds is 12. The zero-order chi connectivity index (χ0) is 22.3. The minimum absolute atomic E-state index is 0.263. The average Bonchev–Trinajstić information content (AvgIpc) is 2.81. The molecule has 0 aliphatic carbocycles. The quantitative estimate of drug-likeness (QED) is 0.293. The van der Waals surface area contributed by atoms with E-state index in [2.05, 4.69) is 16.8 Å². The summed E-state index contributed by atoms with van der Waals surface area (Å²) >= 11 is 0. The third kappa shape index (κ3) is 9.18. The molecule has 0 N–H and O–H groups in total. The second-order valence-electron chi connectivity index (χ2n) is 6.42. The molecule has 1 heterocycles. The van der Waals surface area contributed by atoms with E-state index in [1.165, 1.54) is 7.11 Å². The molecule has 0 aliphatic heterocycles. The van der Waals surface area contributed by atoms with Crippen LogP contribution in [0, 0.1) is 11.8 Å². The van der Waals surface area contributed by atoms with Crippen molar-refractivity contribution in [2.75, 3.05) is 53.9 Å². The van der Waals surface area contributed by atoms with Crippen molar-refractivity contribution >= 4 is 5.97 Å². The summed E-state index contributed by atoms with van der Waals surface area (Å²) < 4.78 is 26.1. The Morgan fingerprint density at radius 1 is 0.871 bits per heavy atom. The summed E-state index contributed by atoms with van der Waals surface area (Å²) in [6.07, 6.45) is 0.704. The average molecular weight is 427 g/mol. The van der Waals surface area contributed by atoms with Crippen LogP contribution in [0.15, 0.2) is 36.4 Å². The third-order valence-corrected chi connectivity index (χ3v) is 4.14. The van der Waals surface area contributed by atoms with Gasteiger partial charge in [0.05, 0.1) is 40.1 Å². The van der Waals surface area contributed by atoms with Gasteiger partial charge in [-0.05, 0) is 42.8 Å². The normalized spacial score (nSPS) is 10.3. The highest BCUT2D eigenvalue weighted by Crippen LogP contribution is 2.12. The van der Waals surface area contributed by atoms with E-state index in [1.54, 1.807) is 13.2 Å². The van der Waals surface area contributed by atoms with Crippen molar-refractivity contribution in [2.45, 2.75) is 13.3 Å². The van der Waals surface area contributed by atoms with E-state index < -0.39 is 5.97 Å². The molecule has 0 fully saturated rings. The van der Waals surface area contributed by atoms with Crippen LogP contribution < -0.4 is 4.74 Å². The van der Waals surface area contributed by atoms with Gasteiger partial charge in [0.15, 0.2) is 0 Å². The Kier molecular flexibility index (Phi) is 11.1. The summed E-state index contributed by atoms with van der Waals surface area (Å²) in [7, 11) is 2.98. The summed E-state index contributed by atoms with van der Waals surface area (Å²) in [5.41, 5.74) is 2.61. The Bertz CT molecular complexity index is 870. The van der Waals surface area contributed by atoms with E-state index in [0.717, 1.165) is 22.6 Å². The Morgan fingerprint density at radius 3 is 2.16 bits per heavy atom. The maximum atomic E-state index is 11.8. The fraction of sp³-hybridized carbons (Fsp3) is 0.417. The number of carbonyl (C=O) groups excluding carboxylic acids is 1. The van der Waals surface area contributed by atoms with Gasteiger partial charge in [0.2, 0.25) is 0 Å². The molecule has 2 rings (SSSR count). The van der Waals surface area contributed by atoms with Crippen LogP contribution in [-0.4, -0.2) is 64.8 Å². The number of ether oxygens (including phenoxy) is 5. The first-order valence-electron chi connectivity index (χ1n) is 10.1. The number of esters is 1. The molecule has 0 bridgehead atoms. The predicted molar refractivity (Wildman–Crippen MR) is 116 cm³/mol. The van der Waals surface area contributed by atoms with E-state index in [0.29, 0.717) is 46.1 Å². The molecule has 0 unspecified atom stereocenters. The van der Waals surface area contributed by atoms with Gasteiger partial charge in [-0.1, -0.05) is 18.8 Å². The Hall–Kier alpha value is -2.92. The number of benzene rings is 1. The molecule has 166 valence electrons. The summed E-state index contributed by atoms with van der Waals surface area (Å²) in [5.74, 6) is 6.45. The van der Waals surface area contributed by atoms with Gasteiger partial charge in [-0.25, -0.2) is 9.78 Å². The number of methoxy groups -OCH3 is 2. The lowest BCUT2D eigenvalue weighted by Gasteiger charge is -2.07. The number of pyridine rings is 1. The maximum Gasteiger partial charge on any atom is 0.356 e. The van der Waals surface area contributed by atoms with Crippen LogP contribution in [0.2, 0.25) is 0 Å². The molecule has 0 amide bonds. The molecule has 0 atom stereocenters. The molecule has 7 heteroatoms. The number of aromatic nitrogens is 1. The van der Waals surface area contributed by atoms with Crippen molar-refractivity contribution in [1.82, 2.24) is 4.98 Å². The van der Waals surface area contributed by atoms with Crippen molar-refractivity contribution in [3.8, 4) is 17.6 Å². The maximum absolute atomic E-state index is 11.8. The lowest BCUT2D eigenvalue weighted by molar-refractivity contribution is 0.0180. The van der Waals surface area contributed by atoms with E-state index in [1.807, 2.05) is 37.3 Å². The lowest BCUT2D eigenvalue weighted by atomic mass is 10.1. The van der Waals surface area contributed by atoms with Gasteiger partial charge < -0.3 is 23.7 Å². The van der Waals surface area contributed by atoms with Crippen molar-refractivity contribution in [2.24, 2.45) is 0 Å². The number of hydrogen-bond donors (Lipinski definition) is 0. The molecule has 2 aromatic rings. The first-order valence-corrected chi connectivity index (χ1v) is 10.1. The van der Waals surface area contributed by atoms with Crippen LogP contribution in [0.3, 0.4) is 0 Å². The number of hydrogen-bond acceptors (Lipinski definition) is 7. The topological polar surface area (TPSA) is 76.1 Å². The van der Waals surface area contributed by atoms with Gasteiger partial charge in [-0.15, -0.1) is 0 Å². The van der Waals surface area contributed by atoms with Gasteiger partial charge in [-0.2, -0.15) is 0 Å². The van der Waals surface area contributed by atoms with Crippen LogP contribution in [0.5, 0.6) is 5.75 Å². The van der Waals surface area contributed by atoms with E-state index in [4.69, 9.17) is 23.7 Å². The van der Waals surface area contributed by atoms with Gasteiger partial charge in [0, 0.05) is 23.9 Å². The van der Waals surface area contributed by atoms with Crippen LogP contribution in [0.4, 0.5) is 0 Å². The molecule has 0 saturated carbocycles. The van der Waals surface area contributed by atoms with Crippen LogP contribution in [-0.2, 0) is 25.4 Å². The monoisotopic (exact) mass is 427 g/mol. The fourth-order valence-corrected chi connectivity index (χ4v) is 2.51. The second-order valence-corrected chi connectivity index (χ2v) is 6.42. The SMILES string of the molecule is CCc1cc(C#Cc2ccc(OCCOCCOCCOC)cc2)cc(C(=O)OC)n1. The Labute approximate surface area is 183 Å². The fourth-order valence-electron chi connectivity index (χ4n) is 2.51. The first kappa shape index (κ1) is 24.4. The number of carbonyl (C=O) groups is 1. The molecule has 0 saturated heterocycles. The largest absolute Gasteiger partial charge is 0.491 e. The minimum Gasteiger partial charge on any atom is -0.491 e. The molecule has 7 nitrogen and oxygen atoms in total. The Balaban J connectivity index is 1.82. The summed E-state index contributed by atoms with van der Waals surface area (Å²) in [6, 6.07) is 11.0. The zero-order valence-corrected chi connectivity index (χ0v) is 18.3. The molecular formula is C24H29NO6. The van der Waals surface area contributed by atoms with E-state index >= 15 is 0 Å². The standard InChI is InChI=1S/C24H29NO6/c1-4-21-17-20(18-23(25-21)24(26)28-3)6-5-19-7-9-22(10-8-19)31-16-15-30-14-13-29-12-11-27-2/h7-10,17-18H,4,11-16H2,1-3H3. The molecule has 1 aromatic heterocycles. The third-order valence-electron chi connectivity index (χ3n) is 4.14. The van der Waals surface area contributed by atoms with Gasteiger partial charge in [-0.3, -0.25) is 0 Å². The van der Waals surface area contributed by atoms with Crippen molar-refractivity contribution in [3.05, 3.63) is 58.9 Å². The van der Waals surface area contributed by atoms with Gasteiger partial charge in [0.1, 0.15) is 18.1 Å². The van der Waals surface area contributed by atoms with Crippen molar-refractivity contribution in [3.63, 3.8) is 0 Å². The first-order chi connectivity index (χ1) is 15.2. The molecule has 0 radical (unpaired) electrons. The highest BCUT2D eigenvalue weighted by Gasteiger charge is 2.09. The summed E-state index contributed by atoms with van der Waals surface area (Å²) in [6.45, 7) is 5.12. The van der Waals surface area contributed by atoms with Crippen LogP contribution in [0.25, 0.3) is 0 Å². The molecule has 0 spiro atoms. The van der Waals surface area contributed by atoms with Crippen LogP contribution >= 0.6 is 0 Å². The predicted octanol–water partition coefficient (Wildman–Crippen LogP) is 2.89. The summed E-state index contributed by atoms with van der Waals surface area (Å²) in [4.78, 5) is 16.0. The minimum atomic E-state index is -0.470. The molecule has 31 heavy (non-hydrogen) atoms. The number of nitrogens with zero attached hydrogens (tertiary/aromatic N) is 1. The van der Waals surface area contributed by atoms with Gasteiger partial charge >= 0.3 is 5.97 Å². The number of aryl methyl sites for hydroxylation is 1. The summed E-state index contributed by atoms with van der Waals surface area (Å²) in [5, 5.41) is 0. The second kappa shape index (κ2) is 14.1. The smallest absolute Gasteiger partial charge is 0.356 e. The van der Waals surface area contributed by atoms with E-state index in [-0.39, 0.29) is 5.69 Å². The Morgan fingerprint density at radius 2 is 1.52 bits per heavy atom. The molecule has 1 aromatic carbocycles. The molecular weight excluding hydrogens is 398 g/mol. The lowest BCUT2D eigenvalue weighted by Crippen LogP contribution is -2.12. The van der Waals surface area contributed by atoms with Gasteiger partial charge in [0.25, 0.3) is 0 Å².